The summed E-state index contributed by atoms with van der Waals surface area (Å²) in [6.45, 7) is 0.317. The number of aromatic amines is 1. The smallest absolute Gasteiger partial charge is 0.239 e. The van der Waals surface area contributed by atoms with Crippen molar-refractivity contribution in [1.29, 1.82) is 0 Å². The molecule has 2 aromatic carbocycles. The van der Waals surface area contributed by atoms with Crippen LogP contribution in [-0.2, 0) is 21.2 Å². The van der Waals surface area contributed by atoms with E-state index in [0.29, 0.717) is 19.4 Å². The number of amides is 1. The van der Waals surface area contributed by atoms with Crippen LogP contribution < -0.4 is 11.1 Å². The van der Waals surface area contributed by atoms with E-state index >= 15 is 0 Å². The summed E-state index contributed by atoms with van der Waals surface area (Å²) in [4.78, 5) is 16.2. The van der Waals surface area contributed by atoms with E-state index < -0.39 is 22.2 Å². The molecule has 3 aromatic rings. The Morgan fingerprint density at radius 2 is 1.91 bits per heavy atom. The zero-order chi connectivity index (χ0) is 22.6. The van der Waals surface area contributed by atoms with Crippen LogP contribution in [0, 0.1) is 0 Å². The standard InChI is InChI=1S/C24H28N4O3S/c25-23(16-19-17-26-21-11-5-4-10-20(19)21)27-24(29)22-12-6-7-14-28(22)32(30,31)15-13-18-8-2-1-3-9-18/h1-5,8-11,13,15,17,22-23,26H,6-7,12,14,16,25H2,(H,27,29)/b15-13+/t22-,23-/m0/s1. The van der Waals surface area contributed by atoms with Gasteiger partial charge in [0.25, 0.3) is 0 Å². The molecule has 1 aliphatic rings. The highest BCUT2D eigenvalue weighted by Gasteiger charge is 2.36. The van der Waals surface area contributed by atoms with Crippen molar-refractivity contribution >= 4 is 32.9 Å². The van der Waals surface area contributed by atoms with Crippen molar-refractivity contribution in [3.63, 3.8) is 0 Å². The fraction of sp³-hybridized carbons (Fsp3) is 0.292. The number of fused-ring (bicyclic) bond motifs is 1. The van der Waals surface area contributed by atoms with Gasteiger partial charge in [-0.2, -0.15) is 4.31 Å². The lowest BCUT2D eigenvalue weighted by molar-refractivity contribution is -0.126. The largest absolute Gasteiger partial charge is 0.361 e. The zero-order valence-corrected chi connectivity index (χ0v) is 18.6. The summed E-state index contributed by atoms with van der Waals surface area (Å²) in [6.07, 6.45) is 5.28. The minimum absolute atomic E-state index is 0.317. The van der Waals surface area contributed by atoms with Crippen molar-refractivity contribution in [2.45, 2.75) is 37.9 Å². The van der Waals surface area contributed by atoms with E-state index in [-0.39, 0.29) is 5.91 Å². The summed E-state index contributed by atoms with van der Waals surface area (Å²) in [6, 6.07) is 16.4. The van der Waals surface area contributed by atoms with Crippen molar-refractivity contribution in [2.75, 3.05) is 6.54 Å². The lowest BCUT2D eigenvalue weighted by Gasteiger charge is -2.33. The van der Waals surface area contributed by atoms with E-state index in [2.05, 4.69) is 10.3 Å². The fourth-order valence-corrected chi connectivity index (χ4v) is 5.57. The second kappa shape index (κ2) is 9.68. The SMILES string of the molecule is N[C@H](Cc1c[nH]c2ccccc12)NC(=O)[C@@H]1CCCCN1S(=O)(=O)/C=C/c1ccccc1. The maximum absolute atomic E-state index is 13.0. The Balaban J connectivity index is 1.44. The average molecular weight is 453 g/mol. The highest BCUT2D eigenvalue weighted by Crippen LogP contribution is 2.23. The first-order valence-electron chi connectivity index (χ1n) is 10.8. The Labute approximate surface area is 188 Å². The Morgan fingerprint density at radius 3 is 2.72 bits per heavy atom. The van der Waals surface area contributed by atoms with Crippen LogP contribution in [0.4, 0.5) is 0 Å². The van der Waals surface area contributed by atoms with Gasteiger partial charge in [0.05, 0.1) is 6.17 Å². The number of hydrogen-bond acceptors (Lipinski definition) is 4. The van der Waals surface area contributed by atoms with E-state index in [1.54, 1.807) is 6.08 Å². The van der Waals surface area contributed by atoms with Gasteiger partial charge >= 0.3 is 0 Å². The third-order valence-corrected chi connectivity index (χ3v) is 7.33. The number of nitrogens with zero attached hydrogens (tertiary/aromatic N) is 1. The van der Waals surface area contributed by atoms with Crippen LogP contribution in [-0.4, -0.2) is 42.4 Å². The highest BCUT2D eigenvalue weighted by molar-refractivity contribution is 7.92. The number of sulfonamides is 1. The zero-order valence-electron chi connectivity index (χ0n) is 17.8. The number of carbonyl (C=O) groups is 1. The van der Waals surface area contributed by atoms with E-state index in [1.165, 1.54) is 9.71 Å². The summed E-state index contributed by atoms with van der Waals surface area (Å²) in [5.41, 5.74) is 9.03. The van der Waals surface area contributed by atoms with E-state index in [9.17, 15) is 13.2 Å². The molecule has 2 atom stereocenters. The predicted octanol–water partition coefficient (Wildman–Crippen LogP) is 2.97. The third-order valence-electron chi connectivity index (χ3n) is 5.76. The van der Waals surface area contributed by atoms with Gasteiger partial charge in [-0.05, 0) is 36.1 Å². The van der Waals surface area contributed by atoms with E-state index in [0.717, 1.165) is 34.9 Å². The maximum Gasteiger partial charge on any atom is 0.239 e. The molecule has 1 saturated heterocycles. The molecule has 0 radical (unpaired) electrons. The normalized spacial score (nSPS) is 18.7. The van der Waals surface area contributed by atoms with Gasteiger partial charge in [-0.15, -0.1) is 0 Å². The van der Waals surface area contributed by atoms with Crippen molar-refractivity contribution in [3.05, 3.63) is 77.3 Å². The first kappa shape index (κ1) is 22.3. The molecule has 4 rings (SSSR count). The molecule has 4 N–H and O–H groups in total. The monoisotopic (exact) mass is 452 g/mol. The topological polar surface area (TPSA) is 108 Å². The van der Waals surface area contributed by atoms with Gasteiger partial charge in [-0.25, -0.2) is 8.42 Å². The second-order valence-corrected chi connectivity index (χ2v) is 9.83. The maximum atomic E-state index is 13.0. The molecule has 0 saturated carbocycles. The molecular weight excluding hydrogens is 424 g/mol. The number of piperidine rings is 1. The van der Waals surface area contributed by atoms with Crippen LogP contribution in [0.2, 0.25) is 0 Å². The van der Waals surface area contributed by atoms with Gasteiger partial charge < -0.3 is 16.0 Å². The highest BCUT2D eigenvalue weighted by atomic mass is 32.2. The lowest BCUT2D eigenvalue weighted by Crippen LogP contribution is -2.55. The molecule has 32 heavy (non-hydrogen) atoms. The first-order valence-corrected chi connectivity index (χ1v) is 12.3. The van der Waals surface area contributed by atoms with Gasteiger partial charge in [0.15, 0.2) is 0 Å². The van der Waals surface area contributed by atoms with Gasteiger partial charge in [0.1, 0.15) is 6.04 Å². The van der Waals surface area contributed by atoms with Gasteiger partial charge in [0.2, 0.25) is 15.9 Å². The first-order chi connectivity index (χ1) is 15.4. The van der Waals surface area contributed by atoms with Crippen molar-refractivity contribution in [2.24, 2.45) is 5.73 Å². The number of nitrogens with one attached hydrogen (secondary N) is 2. The summed E-state index contributed by atoms with van der Waals surface area (Å²) in [7, 11) is -3.74. The minimum atomic E-state index is -3.74. The number of carbonyl (C=O) groups excluding carboxylic acids is 1. The summed E-state index contributed by atoms with van der Waals surface area (Å²) >= 11 is 0. The van der Waals surface area contributed by atoms with E-state index in [1.807, 2.05) is 60.8 Å². The van der Waals surface area contributed by atoms with Gasteiger partial charge in [-0.1, -0.05) is 55.0 Å². The second-order valence-electron chi connectivity index (χ2n) is 8.06. The van der Waals surface area contributed by atoms with Crippen LogP contribution in [0.3, 0.4) is 0 Å². The summed E-state index contributed by atoms with van der Waals surface area (Å²) < 4.78 is 27.3. The van der Waals surface area contributed by atoms with Gasteiger partial charge in [-0.3, -0.25) is 4.79 Å². The quantitative estimate of drug-likeness (QED) is 0.479. The number of para-hydroxylation sites is 1. The molecule has 0 spiro atoms. The van der Waals surface area contributed by atoms with Crippen molar-refractivity contribution in [3.8, 4) is 0 Å². The Bertz CT molecular complexity index is 1200. The van der Waals surface area contributed by atoms with Crippen molar-refractivity contribution < 1.29 is 13.2 Å². The Morgan fingerprint density at radius 1 is 1.16 bits per heavy atom. The van der Waals surface area contributed by atoms with Crippen LogP contribution in [0.25, 0.3) is 17.0 Å². The Kier molecular flexibility index (Phi) is 6.74. The van der Waals surface area contributed by atoms with Crippen LogP contribution in [0.5, 0.6) is 0 Å². The molecule has 8 heteroatoms. The van der Waals surface area contributed by atoms with E-state index in [4.69, 9.17) is 5.73 Å². The number of aromatic nitrogens is 1. The fourth-order valence-electron chi connectivity index (χ4n) is 4.15. The molecule has 1 aromatic heterocycles. The molecule has 2 heterocycles. The van der Waals surface area contributed by atoms with Crippen LogP contribution in [0.1, 0.15) is 30.4 Å². The number of H-pyrrole nitrogens is 1. The molecule has 1 aliphatic heterocycles. The molecule has 1 fully saturated rings. The molecule has 7 nitrogen and oxygen atoms in total. The Hall–Kier alpha value is -2.94. The predicted molar refractivity (Wildman–Crippen MR) is 127 cm³/mol. The van der Waals surface area contributed by atoms with Crippen LogP contribution in [0.15, 0.2) is 66.2 Å². The minimum Gasteiger partial charge on any atom is -0.361 e. The number of hydrogen-bond donors (Lipinski definition) is 3. The summed E-state index contributed by atoms with van der Waals surface area (Å²) in [5, 5.41) is 5.06. The molecule has 168 valence electrons. The molecule has 0 aliphatic carbocycles. The number of benzene rings is 2. The van der Waals surface area contributed by atoms with Crippen LogP contribution >= 0.6 is 0 Å². The lowest BCUT2D eigenvalue weighted by atomic mass is 10.0. The molecule has 0 unspecified atom stereocenters. The van der Waals surface area contributed by atoms with Gasteiger partial charge in [0, 0.05) is 35.5 Å². The third kappa shape index (κ3) is 5.09. The average Bonchev–Trinajstić information content (AvgIpc) is 3.21. The summed E-state index contributed by atoms with van der Waals surface area (Å²) in [5.74, 6) is -0.353. The molecule has 1 amide bonds. The number of rotatable bonds is 7. The molecule has 0 bridgehead atoms. The number of nitrogens with two attached hydrogens (primary N) is 1. The van der Waals surface area contributed by atoms with Crippen molar-refractivity contribution in [1.82, 2.24) is 14.6 Å². The molecular formula is C24H28N4O3S.